The molecule has 0 saturated carbocycles. The van der Waals surface area contributed by atoms with Crippen molar-refractivity contribution in [1.82, 2.24) is 20.4 Å². The molecule has 0 aliphatic heterocycles. The number of aliphatic imine (C=N–C) groups is 1. The van der Waals surface area contributed by atoms with Crippen LogP contribution in [0.25, 0.3) is 0 Å². The van der Waals surface area contributed by atoms with Gasteiger partial charge in [-0.25, -0.2) is 0 Å². The summed E-state index contributed by atoms with van der Waals surface area (Å²) in [6, 6.07) is 0. The Morgan fingerprint density at radius 3 is 2.76 bits per heavy atom. The van der Waals surface area contributed by atoms with E-state index >= 15 is 0 Å². The average Bonchev–Trinajstić information content (AvgIpc) is 2.90. The standard InChI is InChI=1S/C14H27N5O2/c1-13-11-18-19(12-13)7-6-17-14(15-2)16-5-4-8-21-10-9-20-3/h11-12H,4-10H2,1-3H3,(H2,15,16,17). The third-order valence-corrected chi connectivity index (χ3v) is 2.81. The van der Waals surface area contributed by atoms with Gasteiger partial charge in [-0.3, -0.25) is 9.67 Å². The summed E-state index contributed by atoms with van der Waals surface area (Å²) in [5.41, 5.74) is 1.17. The number of ether oxygens (including phenoxy) is 2. The van der Waals surface area contributed by atoms with Crippen LogP contribution in [0.5, 0.6) is 0 Å². The molecule has 0 spiro atoms. The minimum Gasteiger partial charge on any atom is -0.382 e. The monoisotopic (exact) mass is 297 g/mol. The van der Waals surface area contributed by atoms with Crippen LogP contribution in [0.4, 0.5) is 0 Å². The number of hydrogen-bond acceptors (Lipinski definition) is 4. The van der Waals surface area contributed by atoms with Gasteiger partial charge < -0.3 is 20.1 Å². The van der Waals surface area contributed by atoms with E-state index in [4.69, 9.17) is 9.47 Å². The van der Waals surface area contributed by atoms with Crippen LogP contribution in [0.2, 0.25) is 0 Å². The number of guanidine groups is 1. The normalized spacial score (nSPS) is 11.7. The van der Waals surface area contributed by atoms with Crippen LogP contribution in [0.15, 0.2) is 17.4 Å². The van der Waals surface area contributed by atoms with Gasteiger partial charge in [0.05, 0.1) is 26.0 Å². The maximum absolute atomic E-state index is 5.39. The first-order valence-corrected chi connectivity index (χ1v) is 7.26. The molecule has 2 N–H and O–H groups in total. The summed E-state index contributed by atoms with van der Waals surface area (Å²) in [6.45, 7) is 6.47. The van der Waals surface area contributed by atoms with Gasteiger partial charge >= 0.3 is 0 Å². The van der Waals surface area contributed by atoms with Crippen LogP contribution in [0.3, 0.4) is 0 Å². The molecule has 0 atom stereocenters. The molecule has 0 aromatic carbocycles. The van der Waals surface area contributed by atoms with Crippen molar-refractivity contribution >= 4 is 5.96 Å². The molecule has 7 nitrogen and oxygen atoms in total. The summed E-state index contributed by atoms with van der Waals surface area (Å²) in [6.07, 6.45) is 4.81. The number of methoxy groups -OCH3 is 1. The Hall–Kier alpha value is -1.60. The first kappa shape index (κ1) is 17.5. The Kier molecular flexibility index (Phi) is 9.23. The molecule has 0 unspecified atom stereocenters. The van der Waals surface area contributed by atoms with E-state index in [0.29, 0.717) is 13.2 Å². The second-order valence-electron chi connectivity index (χ2n) is 4.67. The van der Waals surface area contributed by atoms with Crippen LogP contribution in [0.1, 0.15) is 12.0 Å². The van der Waals surface area contributed by atoms with Crippen LogP contribution >= 0.6 is 0 Å². The fourth-order valence-corrected chi connectivity index (χ4v) is 1.72. The molecule has 120 valence electrons. The Morgan fingerprint density at radius 1 is 1.29 bits per heavy atom. The van der Waals surface area contributed by atoms with Crippen molar-refractivity contribution in [3.63, 3.8) is 0 Å². The molecule has 0 saturated heterocycles. The van der Waals surface area contributed by atoms with Crippen LogP contribution < -0.4 is 10.6 Å². The molecule has 0 fully saturated rings. The number of aromatic nitrogens is 2. The van der Waals surface area contributed by atoms with Crippen molar-refractivity contribution in [1.29, 1.82) is 0 Å². The van der Waals surface area contributed by atoms with E-state index in [-0.39, 0.29) is 0 Å². The predicted molar refractivity (Wildman–Crippen MR) is 83.6 cm³/mol. The molecule has 7 heteroatoms. The molecule has 0 radical (unpaired) electrons. The molecule has 0 bridgehead atoms. The molecule has 1 aromatic heterocycles. The molecule has 0 amide bonds. The van der Waals surface area contributed by atoms with Gasteiger partial charge in [0.2, 0.25) is 0 Å². The topological polar surface area (TPSA) is 72.7 Å². The van der Waals surface area contributed by atoms with Crippen molar-refractivity contribution in [2.24, 2.45) is 4.99 Å². The van der Waals surface area contributed by atoms with Crippen molar-refractivity contribution in [2.75, 3.05) is 47.1 Å². The number of rotatable bonds is 10. The van der Waals surface area contributed by atoms with Crippen molar-refractivity contribution in [2.45, 2.75) is 19.9 Å². The van der Waals surface area contributed by atoms with Crippen molar-refractivity contribution in [3.8, 4) is 0 Å². The summed E-state index contributed by atoms with van der Waals surface area (Å²) in [4.78, 5) is 4.18. The van der Waals surface area contributed by atoms with Gasteiger partial charge in [-0.2, -0.15) is 5.10 Å². The van der Waals surface area contributed by atoms with Crippen LogP contribution in [-0.4, -0.2) is 62.8 Å². The van der Waals surface area contributed by atoms with E-state index < -0.39 is 0 Å². The van der Waals surface area contributed by atoms with Gasteiger partial charge in [-0.15, -0.1) is 0 Å². The summed E-state index contributed by atoms with van der Waals surface area (Å²) >= 11 is 0. The van der Waals surface area contributed by atoms with Gasteiger partial charge in [0, 0.05) is 40.1 Å². The van der Waals surface area contributed by atoms with E-state index in [1.54, 1.807) is 14.2 Å². The highest BCUT2D eigenvalue weighted by Gasteiger charge is 1.98. The van der Waals surface area contributed by atoms with Gasteiger partial charge in [-0.1, -0.05) is 0 Å². The van der Waals surface area contributed by atoms with Gasteiger partial charge in [-0.05, 0) is 18.9 Å². The molecule has 1 aromatic rings. The third-order valence-electron chi connectivity index (χ3n) is 2.81. The Balaban J connectivity index is 2.04. The van der Waals surface area contributed by atoms with Gasteiger partial charge in [0.25, 0.3) is 0 Å². The number of nitrogens with zero attached hydrogens (tertiary/aromatic N) is 3. The highest BCUT2D eigenvalue weighted by atomic mass is 16.5. The number of nitrogens with one attached hydrogen (secondary N) is 2. The Bertz CT molecular complexity index is 406. The second kappa shape index (κ2) is 11.1. The first-order valence-electron chi connectivity index (χ1n) is 7.26. The van der Waals surface area contributed by atoms with E-state index in [2.05, 4.69) is 20.7 Å². The predicted octanol–water partition coefficient (Wildman–Crippen LogP) is 0.410. The smallest absolute Gasteiger partial charge is 0.191 e. The Morgan fingerprint density at radius 2 is 2.10 bits per heavy atom. The highest BCUT2D eigenvalue weighted by Crippen LogP contribution is 1.92. The number of hydrogen-bond donors (Lipinski definition) is 2. The van der Waals surface area contributed by atoms with Gasteiger partial charge in [0.15, 0.2) is 5.96 Å². The lowest BCUT2D eigenvalue weighted by Gasteiger charge is -2.12. The lowest BCUT2D eigenvalue weighted by atomic mass is 10.4. The molecular formula is C14H27N5O2. The van der Waals surface area contributed by atoms with E-state index in [1.165, 1.54) is 5.56 Å². The summed E-state index contributed by atoms with van der Waals surface area (Å²) < 4.78 is 12.2. The zero-order valence-corrected chi connectivity index (χ0v) is 13.3. The second-order valence-corrected chi connectivity index (χ2v) is 4.67. The molecule has 1 heterocycles. The molecule has 1 rings (SSSR count). The summed E-state index contributed by atoms with van der Waals surface area (Å²) in [7, 11) is 3.44. The lowest BCUT2D eigenvalue weighted by molar-refractivity contribution is 0.0698. The fourth-order valence-electron chi connectivity index (χ4n) is 1.72. The Labute approximate surface area is 126 Å². The largest absolute Gasteiger partial charge is 0.382 e. The van der Waals surface area contributed by atoms with E-state index in [9.17, 15) is 0 Å². The van der Waals surface area contributed by atoms with Crippen molar-refractivity contribution in [3.05, 3.63) is 18.0 Å². The van der Waals surface area contributed by atoms with Crippen molar-refractivity contribution < 1.29 is 9.47 Å². The SMILES string of the molecule is CN=C(NCCCOCCOC)NCCn1cc(C)cn1. The maximum Gasteiger partial charge on any atom is 0.191 e. The number of aryl methyl sites for hydroxylation is 1. The molecular weight excluding hydrogens is 270 g/mol. The van der Waals surface area contributed by atoms with E-state index in [1.807, 2.05) is 24.0 Å². The quantitative estimate of drug-likeness (QED) is 0.372. The lowest BCUT2D eigenvalue weighted by Crippen LogP contribution is -2.39. The van der Waals surface area contributed by atoms with Crippen LogP contribution in [0, 0.1) is 6.92 Å². The van der Waals surface area contributed by atoms with Gasteiger partial charge in [0.1, 0.15) is 0 Å². The molecule has 0 aliphatic carbocycles. The van der Waals surface area contributed by atoms with Crippen LogP contribution in [-0.2, 0) is 16.0 Å². The minimum absolute atomic E-state index is 0.642. The zero-order chi connectivity index (χ0) is 15.3. The average molecular weight is 297 g/mol. The summed E-state index contributed by atoms with van der Waals surface area (Å²) in [5.74, 6) is 0.802. The molecule has 0 aliphatic rings. The highest BCUT2D eigenvalue weighted by molar-refractivity contribution is 5.79. The third kappa shape index (κ3) is 8.31. The van der Waals surface area contributed by atoms with E-state index in [0.717, 1.165) is 38.6 Å². The first-order chi connectivity index (χ1) is 10.3. The zero-order valence-electron chi connectivity index (χ0n) is 13.3. The minimum atomic E-state index is 0.642. The molecule has 21 heavy (non-hydrogen) atoms. The fraction of sp³-hybridized carbons (Fsp3) is 0.714. The summed E-state index contributed by atoms with van der Waals surface area (Å²) in [5, 5.41) is 10.7. The maximum atomic E-state index is 5.39.